The monoisotopic (exact) mass is 295 g/mol. The summed E-state index contributed by atoms with van der Waals surface area (Å²) in [4.78, 5) is 0. The van der Waals surface area contributed by atoms with Gasteiger partial charge in [-0.3, -0.25) is 0 Å². The van der Waals surface area contributed by atoms with Gasteiger partial charge in [0.05, 0.1) is 0 Å². The van der Waals surface area contributed by atoms with E-state index in [0.29, 0.717) is 0 Å². The predicted molar refractivity (Wildman–Crippen MR) is 88.5 cm³/mol. The summed E-state index contributed by atoms with van der Waals surface area (Å²) >= 11 is 0. The van der Waals surface area contributed by atoms with Crippen molar-refractivity contribution in [1.29, 1.82) is 0 Å². The maximum atomic E-state index is 6.05. The van der Waals surface area contributed by atoms with Crippen molar-refractivity contribution in [3.8, 4) is 0 Å². The van der Waals surface area contributed by atoms with Crippen LogP contribution in [0, 0.1) is 0 Å². The highest BCUT2D eigenvalue weighted by molar-refractivity contribution is 6.67. The third kappa shape index (κ3) is 6.07. The highest BCUT2D eigenvalue weighted by atomic mass is 28.4. The van der Waals surface area contributed by atoms with E-state index < -0.39 is 8.56 Å². The molecule has 0 amide bonds. The zero-order chi connectivity index (χ0) is 14.7. The van der Waals surface area contributed by atoms with Crippen LogP contribution < -0.4 is 5.32 Å². The zero-order valence-corrected chi connectivity index (χ0v) is 14.2. The van der Waals surface area contributed by atoms with E-state index in [1.54, 1.807) is 0 Å². The standard InChI is InChI=1S/C16H29NO2Si/c1-4-14-20(18-5-2,19-6-3)15-10-13-17-16-11-8-7-9-12-16/h7-9,11-12,17H,4-6,10,13-15H2,1-3H3. The number of anilines is 1. The Balaban J connectivity index is 2.40. The van der Waals surface area contributed by atoms with Crippen LogP contribution in [0.4, 0.5) is 5.69 Å². The summed E-state index contributed by atoms with van der Waals surface area (Å²) in [5.41, 5.74) is 1.18. The zero-order valence-electron chi connectivity index (χ0n) is 13.2. The minimum absolute atomic E-state index is 0.762. The predicted octanol–water partition coefficient (Wildman–Crippen LogP) is 4.41. The molecule has 0 aliphatic rings. The Bertz CT molecular complexity index is 329. The molecule has 0 unspecified atom stereocenters. The molecule has 0 aromatic heterocycles. The number of benzene rings is 1. The van der Waals surface area contributed by atoms with Gasteiger partial charge in [0.1, 0.15) is 0 Å². The Morgan fingerprint density at radius 3 is 2.15 bits per heavy atom. The SMILES string of the molecule is CCC[Si](CCCNc1ccccc1)(OCC)OCC. The van der Waals surface area contributed by atoms with E-state index in [1.807, 2.05) is 6.07 Å². The van der Waals surface area contributed by atoms with Gasteiger partial charge in [0.15, 0.2) is 0 Å². The van der Waals surface area contributed by atoms with Gasteiger partial charge in [-0.25, -0.2) is 0 Å². The van der Waals surface area contributed by atoms with E-state index in [2.05, 4.69) is 50.4 Å². The van der Waals surface area contributed by atoms with E-state index in [1.165, 1.54) is 5.69 Å². The molecule has 0 atom stereocenters. The summed E-state index contributed by atoms with van der Waals surface area (Å²) in [5, 5.41) is 3.45. The van der Waals surface area contributed by atoms with Gasteiger partial charge in [0.2, 0.25) is 0 Å². The molecule has 0 fully saturated rings. The minimum Gasteiger partial charge on any atom is -0.394 e. The highest BCUT2D eigenvalue weighted by Gasteiger charge is 2.35. The van der Waals surface area contributed by atoms with Gasteiger partial charge in [-0.2, -0.15) is 0 Å². The van der Waals surface area contributed by atoms with Crippen LogP contribution in [0.25, 0.3) is 0 Å². The molecular weight excluding hydrogens is 266 g/mol. The van der Waals surface area contributed by atoms with Crippen LogP contribution in [-0.4, -0.2) is 28.3 Å². The Hall–Kier alpha value is -0.843. The number of hydrogen-bond acceptors (Lipinski definition) is 3. The average Bonchev–Trinajstić information content (AvgIpc) is 2.46. The molecule has 0 saturated carbocycles. The number of rotatable bonds is 11. The topological polar surface area (TPSA) is 30.5 Å². The number of nitrogens with one attached hydrogen (secondary N) is 1. The molecule has 114 valence electrons. The maximum Gasteiger partial charge on any atom is 0.338 e. The van der Waals surface area contributed by atoms with E-state index in [4.69, 9.17) is 8.85 Å². The first-order valence-electron chi connectivity index (χ1n) is 7.83. The Morgan fingerprint density at radius 1 is 0.950 bits per heavy atom. The second-order valence-corrected chi connectivity index (χ2v) is 8.32. The van der Waals surface area contributed by atoms with Crippen LogP contribution in [0.5, 0.6) is 0 Å². The van der Waals surface area contributed by atoms with Crippen molar-refractivity contribution in [3.05, 3.63) is 30.3 Å². The summed E-state index contributed by atoms with van der Waals surface area (Å²) in [6, 6.07) is 12.5. The number of hydrogen-bond donors (Lipinski definition) is 1. The molecule has 0 heterocycles. The third-order valence-corrected chi connectivity index (χ3v) is 7.29. The van der Waals surface area contributed by atoms with E-state index in [9.17, 15) is 0 Å². The summed E-state index contributed by atoms with van der Waals surface area (Å²) in [6.45, 7) is 8.85. The molecule has 1 rings (SSSR count). The first kappa shape index (κ1) is 17.2. The van der Waals surface area contributed by atoms with E-state index in [-0.39, 0.29) is 0 Å². The normalized spacial score (nSPS) is 11.6. The summed E-state index contributed by atoms with van der Waals surface area (Å²) in [6.07, 6.45) is 2.24. The Kier molecular flexibility index (Phi) is 8.58. The van der Waals surface area contributed by atoms with Crippen LogP contribution >= 0.6 is 0 Å². The van der Waals surface area contributed by atoms with Crippen molar-refractivity contribution in [2.75, 3.05) is 25.1 Å². The van der Waals surface area contributed by atoms with Gasteiger partial charge >= 0.3 is 8.56 Å². The van der Waals surface area contributed by atoms with Crippen molar-refractivity contribution < 1.29 is 8.85 Å². The number of para-hydroxylation sites is 1. The molecule has 0 aliphatic heterocycles. The van der Waals surface area contributed by atoms with Gasteiger partial charge in [0, 0.05) is 25.4 Å². The Morgan fingerprint density at radius 2 is 1.60 bits per heavy atom. The molecule has 3 nitrogen and oxygen atoms in total. The lowest BCUT2D eigenvalue weighted by atomic mass is 10.3. The van der Waals surface area contributed by atoms with Crippen LogP contribution in [0.2, 0.25) is 12.1 Å². The minimum atomic E-state index is -1.97. The quantitative estimate of drug-likeness (QED) is 0.484. The van der Waals surface area contributed by atoms with Crippen molar-refractivity contribution in [2.45, 2.75) is 45.7 Å². The second kappa shape index (κ2) is 9.97. The maximum absolute atomic E-state index is 6.05. The molecule has 1 N–H and O–H groups in total. The fraction of sp³-hybridized carbons (Fsp3) is 0.625. The molecule has 0 bridgehead atoms. The van der Waals surface area contributed by atoms with Crippen molar-refractivity contribution >= 4 is 14.2 Å². The van der Waals surface area contributed by atoms with Crippen LogP contribution in [0.15, 0.2) is 30.3 Å². The molecular formula is C16H29NO2Si. The van der Waals surface area contributed by atoms with Crippen molar-refractivity contribution in [2.24, 2.45) is 0 Å². The molecule has 4 heteroatoms. The molecule has 1 aromatic carbocycles. The molecule has 1 aromatic rings. The highest BCUT2D eigenvalue weighted by Crippen LogP contribution is 2.23. The second-order valence-electron chi connectivity index (χ2n) is 4.92. The van der Waals surface area contributed by atoms with Gasteiger partial charge in [0.25, 0.3) is 0 Å². The van der Waals surface area contributed by atoms with Crippen LogP contribution in [0.3, 0.4) is 0 Å². The lowest BCUT2D eigenvalue weighted by Gasteiger charge is -2.30. The smallest absolute Gasteiger partial charge is 0.338 e. The van der Waals surface area contributed by atoms with Gasteiger partial charge in [-0.05, 0) is 44.5 Å². The van der Waals surface area contributed by atoms with Gasteiger partial charge in [-0.1, -0.05) is 31.5 Å². The lowest BCUT2D eigenvalue weighted by Crippen LogP contribution is -2.42. The summed E-state index contributed by atoms with van der Waals surface area (Å²) in [5.74, 6) is 0. The van der Waals surface area contributed by atoms with Gasteiger partial charge in [-0.15, -0.1) is 0 Å². The summed E-state index contributed by atoms with van der Waals surface area (Å²) in [7, 11) is -1.97. The Labute approximate surface area is 124 Å². The third-order valence-electron chi connectivity index (χ3n) is 3.28. The van der Waals surface area contributed by atoms with Crippen molar-refractivity contribution in [3.63, 3.8) is 0 Å². The van der Waals surface area contributed by atoms with Gasteiger partial charge < -0.3 is 14.2 Å². The molecule has 20 heavy (non-hydrogen) atoms. The fourth-order valence-corrected chi connectivity index (χ4v) is 5.95. The van der Waals surface area contributed by atoms with E-state index >= 15 is 0 Å². The first-order chi connectivity index (χ1) is 9.76. The van der Waals surface area contributed by atoms with Crippen molar-refractivity contribution in [1.82, 2.24) is 0 Å². The average molecular weight is 295 g/mol. The fourth-order valence-electron chi connectivity index (χ4n) is 2.51. The molecule has 0 radical (unpaired) electrons. The van der Waals surface area contributed by atoms with Crippen LogP contribution in [0.1, 0.15) is 33.6 Å². The molecule has 0 aliphatic carbocycles. The largest absolute Gasteiger partial charge is 0.394 e. The van der Waals surface area contributed by atoms with E-state index in [0.717, 1.165) is 44.7 Å². The summed E-state index contributed by atoms with van der Waals surface area (Å²) < 4.78 is 12.1. The first-order valence-corrected chi connectivity index (χ1v) is 10.1. The molecule has 0 spiro atoms. The van der Waals surface area contributed by atoms with Crippen LogP contribution in [-0.2, 0) is 8.85 Å². The molecule has 0 saturated heterocycles. The lowest BCUT2D eigenvalue weighted by molar-refractivity contribution is 0.181.